The zero-order chi connectivity index (χ0) is 10.0. The van der Waals surface area contributed by atoms with Crippen molar-refractivity contribution >= 4 is 12.0 Å². The van der Waals surface area contributed by atoms with Gasteiger partial charge in [0.2, 0.25) is 5.82 Å². The Morgan fingerprint density at radius 2 is 2.15 bits per heavy atom. The number of aryl methyl sites for hydroxylation is 1. The molecule has 5 heteroatoms. The van der Waals surface area contributed by atoms with Crippen LogP contribution in [0.15, 0.2) is 12.1 Å². The van der Waals surface area contributed by atoms with E-state index in [1.54, 1.807) is 0 Å². The molecule has 13 heavy (non-hydrogen) atoms. The molecule has 0 aliphatic rings. The number of hydrogen-bond acceptors (Lipinski definition) is 3. The Kier molecular flexibility index (Phi) is 2.36. The maximum Gasteiger partial charge on any atom is 0.307 e. The SMILES string of the molecule is Cc1cc(C=O)cc(F)c1[N+](=O)[O-]. The number of rotatable bonds is 2. The molecule has 0 radical (unpaired) electrons. The highest BCUT2D eigenvalue weighted by Gasteiger charge is 2.18. The van der Waals surface area contributed by atoms with Gasteiger partial charge in [-0.25, -0.2) is 0 Å². The van der Waals surface area contributed by atoms with Gasteiger partial charge in [-0.15, -0.1) is 0 Å². The van der Waals surface area contributed by atoms with E-state index < -0.39 is 16.4 Å². The quantitative estimate of drug-likeness (QED) is 0.399. The first kappa shape index (κ1) is 9.31. The van der Waals surface area contributed by atoms with E-state index in [1.165, 1.54) is 13.0 Å². The monoisotopic (exact) mass is 183 g/mol. The third-order valence-electron chi connectivity index (χ3n) is 1.59. The largest absolute Gasteiger partial charge is 0.307 e. The van der Waals surface area contributed by atoms with Gasteiger partial charge in [-0.05, 0) is 19.1 Å². The summed E-state index contributed by atoms with van der Waals surface area (Å²) >= 11 is 0. The smallest absolute Gasteiger partial charge is 0.298 e. The lowest BCUT2D eigenvalue weighted by Crippen LogP contribution is -1.97. The summed E-state index contributed by atoms with van der Waals surface area (Å²) in [6, 6.07) is 2.12. The van der Waals surface area contributed by atoms with Gasteiger partial charge in [0.1, 0.15) is 6.29 Å². The van der Waals surface area contributed by atoms with E-state index in [1.807, 2.05) is 0 Å². The van der Waals surface area contributed by atoms with Crippen molar-refractivity contribution in [3.8, 4) is 0 Å². The summed E-state index contributed by atoms with van der Waals surface area (Å²) in [6.07, 6.45) is 0.444. The Labute approximate surface area is 73.1 Å². The van der Waals surface area contributed by atoms with Gasteiger partial charge in [0, 0.05) is 11.1 Å². The third kappa shape index (κ3) is 1.69. The first-order valence-electron chi connectivity index (χ1n) is 3.46. The Hall–Kier alpha value is -1.78. The standard InChI is InChI=1S/C8H6FNO3/c1-5-2-6(4-11)3-7(9)8(5)10(12)13/h2-4H,1H3. The summed E-state index contributed by atoms with van der Waals surface area (Å²) in [7, 11) is 0. The number of hydrogen-bond donors (Lipinski definition) is 0. The van der Waals surface area contributed by atoms with Crippen molar-refractivity contribution < 1.29 is 14.1 Å². The van der Waals surface area contributed by atoms with Crippen LogP contribution in [0, 0.1) is 22.9 Å². The van der Waals surface area contributed by atoms with E-state index in [0.29, 0.717) is 6.29 Å². The number of halogens is 1. The van der Waals surface area contributed by atoms with E-state index in [2.05, 4.69) is 0 Å². The normalized spacial score (nSPS) is 9.69. The number of nitrogens with zero attached hydrogens (tertiary/aromatic N) is 1. The number of aldehydes is 1. The average Bonchev–Trinajstić information content (AvgIpc) is 2.02. The van der Waals surface area contributed by atoms with Gasteiger partial charge in [0.05, 0.1) is 4.92 Å². The molecule has 0 N–H and O–H groups in total. The van der Waals surface area contributed by atoms with E-state index in [4.69, 9.17) is 0 Å². The maximum absolute atomic E-state index is 12.9. The average molecular weight is 183 g/mol. The molecule has 0 amide bonds. The number of nitro groups is 1. The first-order chi connectivity index (χ1) is 6.06. The molecule has 68 valence electrons. The molecule has 0 saturated carbocycles. The summed E-state index contributed by atoms with van der Waals surface area (Å²) in [5.74, 6) is -0.980. The molecule has 0 aromatic heterocycles. The number of carbonyl (C=O) groups is 1. The summed E-state index contributed by atoms with van der Waals surface area (Å²) < 4.78 is 12.9. The first-order valence-corrected chi connectivity index (χ1v) is 3.46. The molecule has 0 unspecified atom stereocenters. The number of benzene rings is 1. The summed E-state index contributed by atoms with van der Waals surface area (Å²) in [5, 5.41) is 10.3. The van der Waals surface area contributed by atoms with Gasteiger partial charge in [0.25, 0.3) is 0 Å². The van der Waals surface area contributed by atoms with Crippen molar-refractivity contribution in [2.75, 3.05) is 0 Å². The molecule has 4 nitrogen and oxygen atoms in total. The maximum atomic E-state index is 12.9. The fraction of sp³-hybridized carbons (Fsp3) is 0.125. The van der Waals surface area contributed by atoms with Crippen LogP contribution >= 0.6 is 0 Å². The van der Waals surface area contributed by atoms with Crippen LogP contribution in [0.4, 0.5) is 10.1 Å². The molecular formula is C8H6FNO3. The Morgan fingerprint density at radius 1 is 1.54 bits per heavy atom. The Morgan fingerprint density at radius 3 is 2.54 bits per heavy atom. The summed E-state index contributed by atoms with van der Waals surface area (Å²) in [6.45, 7) is 1.38. The molecular weight excluding hydrogens is 177 g/mol. The van der Waals surface area contributed by atoms with Crippen LogP contribution in [0.5, 0.6) is 0 Å². The fourth-order valence-electron chi connectivity index (χ4n) is 1.06. The van der Waals surface area contributed by atoms with E-state index in [-0.39, 0.29) is 11.1 Å². The molecule has 1 aromatic carbocycles. The van der Waals surface area contributed by atoms with Crippen molar-refractivity contribution in [1.82, 2.24) is 0 Å². The minimum atomic E-state index is -0.980. The number of nitro benzene ring substituents is 1. The molecule has 0 heterocycles. The summed E-state index contributed by atoms with van der Waals surface area (Å²) in [4.78, 5) is 19.8. The fourth-order valence-corrected chi connectivity index (χ4v) is 1.06. The van der Waals surface area contributed by atoms with E-state index >= 15 is 0 Å². The van der Waals surface area contributed by atoms with Crippen molar-refractivity contribution in [2.24, 2.45) is 0 Å². The molecule has 0 atom stereocenters. The van der Waals surface area contributed by atoms with Crippen LogP contribution in [0.25, 0.3) is 0 Å². The van der Waals surface area contributed by atoms with E-state index in [9.17, 15) is 19.3 Å². The zero-order valence-electron chi connectivity index (χ0n) is 6.78. The van der Waals surface area contributed by atoms with E-state index in [0.717, 1.165) is 6.07 Å². The predicted molar refractivity (Wildman–Crippen MR) is 43.2 cm³/mol. The van der Waals surface area contributed by atoms with Gasteiger partial charge >= 0.3 is 5.69 Å². The van der Waals surface area contributed by atoms with Crippen molar-refractivity contribution in [3.05, 3.63) is 39.2 Å². The van der Waals surface area contributed by atoms with Crippen LogP contribution < -0.4 is 0 Å². The van der Waals surface area contributed by atoms with Crippen LogP contribution in [0.2, 0.25) is 0 Å². The highest BCUT2D eigenvalue weighted by Crippen LogP contribution is 2.22. The Bertz CT molecular complexity index is 353. The lowest BCUT2D eigenvalue weighted by Gasteiger charge is -1.98. The van der Waals surface area contributed by atoms with Gasteiger partial charge in [-0.2, -0.15) is 4.39 Å². The van der Waals surface area contributed by atoms with Crippen LogP contribution in [-0.4, -0.2) is 11.2 Å². The predicted octanol–water partition coefficient (Wildman–Crippen LogP) is 1.85. The summed E-state index contributed by atoms with van der Waals surface area (Å²) in [5.41, 5.74) is -0.335. The molecule has 1 rings (SSSR count). The third-order valence-corrected chi connectivity index (χ3v) is 1.59. The van der Waals surface area contributed by atoms with Crippen LogP contribution in [0.1, 0.15) is 15.9 Å². The second-order valence-corrected chi connectivity index (χ2v) is 2.54. The number of carbonyl (C=O) groups excluding carboxylic acids is 1. The van der Waals surface area contributed by atoms with Gasteiger partial charge in [0.15, 0.2) is 0 Å². The highest BCUT2D eigenvalue weighted by molar-refractivity contribution is 5.76. The molecule has 0 fully saturated rings. The molecule has 0 aliphatic heterocycles. The second-order valence-electron chi connectivity index (χ2n) is 2.54. The van der Waals surface area contributed by atoms with Crippen LogP contribution in [-0.2, 0) is 0 Å². The molecule has 0 bridgehead atoms. The molecule has 0 saturated heterocycles. The van der Waals surface area contributed by atoms with Crippen molar-refractivity contribution in [3.63, 3.8) is 0 Å². The van der Waals surface area contributed by atoms with Crippen LogP contribution in [0.3, 0.4) is 0 Å². The minimum absolute atomic E-state index is 0.0978. The van der Waals surface area contributed by atoms with Crippen molar-refractivity contribution in [2.45, 2.75) is 6.92 Å². The molecule has 0 spiro atoms. The molecule has 1 aromatic rings. The lowest BCUT2D eigenvalue weighted by atomic mass is 10.1. The topological polar surface area (TPSA) is 60.2 Å². The zero-order valence-corrected chi connectivity index (χ0v) is 6.78. The second kappa shape index (κ2) is 3.30. The lowest BCUT2D eigenvalue weighted by molar-refractivity contribution is -0.388. The van der Waals surface area contributed by atoms with Gasteiger partial charge < -0.3 is 0 Å². The van der Waals surface area contributed by atoms with Crippen molar-refractivity contribution in [1.29, 1.82) is 0 Å². The minimum Gasteiger partial charge on any atom is -0.298 e. The highest BCUT2D eigenvalue weighted by atomic mass is 19.1. The Balaban J connectivity index is 3.39. The molecule has 0 aliphatic carbocycles. The van der Waals surface area contributed by atoms with Gasteiger partial charge in [-0.1, -0.05) is 0 Å². The van der Waals surface area contributed by atoms with Gasteiger partial charge in [-0.3, -0.25) is 14.9 Å².